The van der Waals surface area contributed by atoms with Gasteiger partial charge in [0.15, 0.2) is 0 Å². The molecule has 10 rings (SSSR count). The van der Waals surface area contributed by atoms with Crippen LogP contribution in [0.1, 0.15) is 0 Å². The van der Waals surface area contributed by atoms with Crippen molar-refractivity contribution in [1.29, 1.82) is 0 Å². The highest BCUT2D eigenvalue weighted by Crippen LogP contribution is 2.46. The summed E-state index contributed by atoms with van der Waals surface area (Å²) in [6, 6.07) is 71.6. The van der Waals surface area contributed by atoms with Crippen LogP contribution in [0.15, 0.2) is 194 Å². The second-order valence-electron chi connectivity index (χ2n) is 13.3. The highest BCUT2D eigenvalue weighted by molar-refractivity contribution is 6.21. The van der Waals surface area contributed by atoms with E-state index in [-0.39, 0.29) is 0 Å². The summed E-state index contributed by atoms with van der Waals surface area (Å²) in [7, 11) is 0. The lowest BCUT2D eigenvalue weighted by Gasteiger charge is -2.20. The molecule has 0 unspecified atom stereocenters. The van der Waals surface area contributed by atoms with Gasteiger partial charge in [0, 0.05) is 0 Å². The van der Waals surface area contributed by atoms with E-state index in [0.717, 1.165) is 0 Å². The number of rotatable bonds is 4. The van der Waals surface area contributed by atoms with E-state index in [0.29, 0.717) is 0 Å². The Hall–Kier alpha value is -6.50. The Bertz CT molecular complexity index is 2930. The summed E-state index contributed by atoms with van der Waals surface area (Å²) in [5.41, 5.74) is 9.86. The largest absolute Gasteiger partial charge is 0.0616 e. The van der Waals surface area contributed by atoms with Crippen LogP contribution in [-0.4, -0.2) is 0 Å². The van der Waals surface area contributed by atoms with E-state index in [2.05, 4.69) is 194 Å². The Morgan fingerprint density at radius 1 is 0.220 bits per heavy atom. The maximum atomic E-state index is 2.41. The van der Waals surface area contributed by atoms with Gasteiger partial charge in [-0.25, -0.2) is 0 Å². The first-order valence-electron chi connectivity index (χ1n) is 17.3. The Labute approximate surface area is 291 Å². The second-order valence-corrected chi connectivity index (χ2v) is 13.3. The van der Waals surface area contributed by atoms with Gasteiger partial charge in [-0.1, -0.05) is 164 Å². The fraction of sp³-hybridized carbons (Fsp3) is 0. The van der Waals surface area contributed by atoms with E-state index in [4.69, 9.17) is 0 Å². The molecule has 0 aliphatic rings. The van der Waals surface area contributed by atoms with Crippen molar-refractivity contribution in [3.05, 3.63) is 194 Å². The van der Waals surface area contributed by atoms with Crippen LogP contribution in [-0.2, 0) is 0 Å². The van der Waals surface area contributed by atoms with Gasteiger partial charge in [-0.2, -0.15) is 0 Å². The van der Waals surface area contributed by atoms with E-state index in [1.807, 2.05) is 0 Å². The van der Waals surface area contributed by atoms with Crippen LogP contribution in [0.25, 0.3) is 98.4 Å². The average molecular weight is 633 g/mol. The molecule has 0 spiro atoms. The SMILES string of the molecule is c1cc(-c2ccc3ccccc3c2)cc(-c2c3ccccc3cc3c(-c4ccc5ccccc5c4)ccc(-c4ccc5ccccc5c4)c23)c1. The third kappa shape index (κ3) is 4.77. The molecule has 0 fully saturated rings. The summed E-state index contributed by atoms with van der Waals surface area (Å²) in [5, 5.41) is 12.6. The predicted octanol–water partition coefficient (Wildman–Crippen LogP) is 14.1. The molecule has 0 atom stereocenters. The highest BCUT2D eigenvalue weighted by Gasteiger charge is 2.19. The minimum atomic E-state index is 1.22. The van der Waals surface area contributed by atoms with Crippen LogP contribution in [0, 0.1) is 0 Å². The van der Waals surface area contributed by atoms with Crippen LogP contribution >= 0.6 is 0 Å². The Kier molecular flexibility index (Phi) is 6.60. The van der Waals surface area contributed by atoms with Gasteiger partial charge in [-0.3, -0.25) is 0 Å². The van der Waals surface area contributed by atoms with Gasteiger partial charge in [-0.05, 0) is 129 Å². The predicted molar refractivity (Wildman–Crippen MR) is 216 cm³/mol. The van der Waals surface area contributed by atoms with Crippen LogP contribution in [0.3, 0.4) is 0 Å². The molecule has 10 aromatic rings. The van der Waals surface area contributed by atoms with E-state index in [1.54, 1.807) is 0 Å². The molecular weight excluding hydrogens is 601 g/mol. The fourth-order valence-corrected chi connectivity index (χ4v) is 7.91. The molecule has 0 heteroatoms. The summed E-state index contributed by atoms with van der Waals surface area (Å²) >= 11 is 0. The summed E-state index contributed by atoms with van der Waals surface area (Å²) in [4.78, 5) is 0. The van der Waals surface area contributed by atoms with Crippen molar-refractivity contribution < 1.29 is 0 Å². The van der Waals surface area contributed by atoms with Crippen molar-refractivity contribution in [3.63, 3.8) is 0 Å². The minimum absolute atomic E-state index is 1.22. The van der Waals surface area contributed by atoms with Crippen molar-refractivity contribution >= 4 is 53.9 Å². The molecule has 232 valence electrons. The molecule has 0 saturated heterocycles. The Morgan fingerprint density at radius 3 is 1.32 bits per heavy atom. The third-order valence-corrected chi connectivity index (χ3v) is 10.4. The molecule has 0 aliphatic carbocycles. The molecule has 0 bridgehead atoms. The molecule has 0 saturated carbocycles. The van der Waals surface area contributed by atoms with Crippen molar-refractivity contribution in [2.75, 3.05) is 0 Å². The standard InChI is InChI=1S/C50H32/c1-4-13-36-28-40(23-20-33(36)10-1)39-17-9-18-44(31-39)49-46-19-8-7-16-41(46)32-48-45(42-24-21-34-11-2-5-14-37(34)29-42)26-27-47(50(48)49)43-25-22-35-12-3-6-15-38(35)30-43/h1-32H. The molecule has 0 heterocycles. The van der Waals surface area contributed by atoms with E-state index in [9.17, 15) is 0 Å². The molecular formula is C50H32. The molecule has 0 nitrogen and oxygen atoms in total. The first-order valence-corrected chi connectivity index (χ1v) is 17.3. The van der Waals surface area contributed by atoms with Gasteiger partial charge in [0.2, 0.25) is 0 Å². The first kappa shape index (κ1) is 28.5. The monoisotopic (exact) mass is 632 g/mol. The lowest BCUT2D eigenvalue weighted by Crippen LogP contribution is -1.93. The highest BCUT2D eigenvalue weighted by atomic mass is 14.2. The van der Waals surface area contributed by atoms with Gasteiger partial charge in [0.25, 0.3) is 0 Å². The van der Waals surface area contributed by atoms with E-state index >= 15 is 0 Å². The maximum absolute atomic E-state index is 2.41. The van der Waals surface area contributed by atoms with Gasteiger partial charge >= 0.3 is 0 Å². The molecule has 50 heavy (non-hydrogen) atoms. The van der Waals surface area contributed by atoms with Crippen LogP contribution in [0.2, 0.25) is 0 Å². The maximum Gasteiger partial charge on any atom is -0.00141 e. The lowest BCUT2D eigenvalue weighted by molar-refractivity contribution is 1.62. The third-order valence-electron chi connectivity index (χ3n) is 10.4. The van der Waals surface area contributed by atoms with Crippen LogP contribution in [0.4, 0.5) is 0 Å². The fourth-order valence-electron chi connectivity index (χ4n) is 7.91. The van der Waals surface area contributed by atoms with Crippen molar-refractivity contribution in [3.8, 4) is 44.5 Å². The number of hydrogen-bond acceptors (Lipinski definition) is 0. The topological polar surface area (TPSA) is 0 Å². The summed E-state index contributed by atoms with van der Waals surface area (Å²) in [6.07, 6.45) is 0. The Morgan fingerprint density at radius 2 is 0.680 bits per heavy atom. The van der Waals surface area contributed by atoms with Crippen molar-refractivity contribution in [1.82, 2.24) is 0 Å². The Balaban J connectivity index is 1.29. The molecule has 0 radical (unpaired) electrons. The molecule has 0 N–H and O–H groups in total. The van der Waals surface area contributed by atoms with Gasteiger partial charge in [0.05, 0.1) is 0 Å². The van der Waals surface area contributed by atoms with Gasteiger partial charge in [0.1, 0.15) is 0 Å². The van der Waals surface area contributed by atoms with E-state index < -0.39 is 0 Å². The summed E-state index contributed by atoms with van der Waals surface area (Å²) in [6.45, 7) is 0. The number of hydrogen-bond donors (Lipinski definition) is 0. The minimum Gasteiger partial charge on any atom is -0.0616 e. The normalized spacial score (nSPS) is 11.6. The average Bonchev–Trinajstić information content (AvgIpc) is 3.19. The summed E-state index contributed by atoms with van der Waals surface area (Å²) in [5.74, 6) is 0. The zero-order valence-electron chi connectivity index (χ0n) is 27.5. The number of fused-ring (bicyclic) bond motifs is 5. The van der Waals surface area contributed by atoms with Crippen molar-refractivity contribution in [2.45, 2.75) is 0 Å². The smallest absolute Gasteiger partial charge is 0.00141 e. The lowest BCUT2D eigenvalue weighted by atomic mass is 9.83. The molecule has 0 aliphatic heterocycles. The second kappa shape index (κ2) is 11.6. The van der Waals surface area contributed by atoms with Crippen LogP contribution < -0.4 is 0 Å². The first-order chi connectivity index (χ1) is 24.8. The van der Waals surface area contributed by atoms with Gasteiger partial charge < -0.3 is 0 Å². The van der Waals surface area contributed by atoms with Gasteiger partial charge in [-0.15, -0.1) is 0 Å². The zero-order chi connectivity index (χ0) is 33.0. The quantitative estimate of drug-likeness (QED) is 0.169. The molecule has 0 amide bonds. The molecule has 10 aromatic carbocycles. The van der Waals surface area contributed by atoms with Crippen LogP contribution in [0.5, 0.6) is 0 Å². The van der Waals surface area contributed by atoms with E-state index in [1.165, 1.54) is 98.4 Å². The van der Waals surface area contributed by atoms with Crippen molar-refractivity contribution in [2.24, 2.45) is 0 Å². The zero-order valence-corrected chi connectivity index (χ0v) is 27.5. The number of benzene rings is 10. The molecule has 0 aromatic heterocycles. The summed E-state index contributed by atoms with van der Waals surface area (Å²) < 4.78 is 0.